The number of aromatic carboxylic acids is 1. The number of ketones is 1. The molecule has 0 aliphatic carbocycles. The van der Waals surface area contributed by atoms with Gasteiger partial charge in [-0.15, -0.1) is 11.3 Å². The van der Waals surface area contributed by atoms with E-state index in [1.807, 2.05) is 0 Å². The van der Waals surface area contributed by atoms with E-state index in [4.69, 9.17) is 5.11 Å². The highest BCUT2D eigenvalue weighted by atomic mass is 79.9. The van der Waals surface area contributed by atoms with E-state index < -0.39 is 5.97 Å². The molecule has 1 N–H and O–H groups in total. The maximum atomic E-state index is 10.2. The molecule has 0 unspecified atom stereocenters. The van der Waals surface area contributed by atoms with Gasteiger partial charge in [0, 0.05) is 9.85 Å². The average Bonchev–Trinajstić information content (AvgIpc) is 2.34. The molecule has 0 aromatic carbocycles. The summed E-state index contributed by atoms with van der Waals surface area (Å²) in [4.78, 5) is 20.0. The number of carboxylic acid groups (broad SMARTS) is 1. The molecule has 0 saturated heterocycles. The quantitative estimate of drug-likeness (QED) is 0.849. The minimum atomic E-state index is -0.870. The fourth-order valence-electron chi connectivity index (χ4n) is 0.425. The van der Waals surface area contributed by atoms with E-state index in [0.717, 1.165) is 4.47 Å². The van der Waals surface area contributed by atoms with Crippen LogP contribution < -0.4 is 0 Å². The van der Waals surface area contributed by atoms with E-state index in [2.05, 4.69) is 15.9 Å². The topological polar surface area (TPSA) is 54.4 Å². The Balaban J connectivity index is 0.000000310. The molecule has 1 heterocycles. The van der Waals surface area contributed by atoms with Crippen LogP contribution in [-0.4, -0.2) is 16.9 Å². The van der Waals surface area contributed by atoms with Gasteiger partial charge in [0.05, 0.1) is 0 Å². The Morgan fingerprint density at radius 1 is 1.46 bits per heavy atom. The summed E-state index contributed by atoms with van der Waals surface area (Å²) in [6, 6.07) is 1.58. The number of hydrogen-bond donors (Lipinski definition) is 1. The molecule has 3 nitrogen and oxygen atoms in total. The molecule has 0 fully saturated rings. The molecule has 0 atom stereocenters. The van der Waals surface area contributed by atoms with Crippen molar-refractivity contribution in [1.82, 2.24) is 0 Å². The summed E-state index contributed by atoms with van der Waals surface area (Å²) in [5.74, 6) is -0.703. The van der Waals surface area contributed by atoms with E-state index in [-0.39, 0.29) is 5.78 Å². The van der Waals surface area contributed by atoms with Crippen LogP contribution in [0.2, 0.25) is 0 Å². The zero-order chi connectivity index (χ0) is 10.4. The first-order chi connectivity index (χ1) is 5.93. The largest absolute Gasteiger partial charge is 0.477 e. The molecule has 0 aliphatic heterocycles. The van der Waals surface area contributed by atoms with Gasteiger partial charge in [-0.1, -0.05) is 0 Å². The molecule has 13 heavy (non-hydrogen) atoms. The van der Waals surface area contributed by atoms with Gasteiger partial charge in [-0.3, -0.25) is 0 Å². The molecule has 0 amide bonds. The maximum absolute atomic E-state index is 10.2. The van der Waals surface area contributed by atoms with Gasteiger partial charge in [0.15, 0.2) is 0 Å². The van der Waals surface area contributed by atoms with Gasteiger partial charge in [0.1, 0.15) is 10.7 Å². The third-order valence-corrected chi connectivity index (χ3v) is 2.46. The Labute approximate surface area is 88.5 Å². The summed E-state index contributed by atoms with van der Waals surface area (Å²) in [5, 5.41) is 10.1. The second kappa shape index (κ2) is 5.88. The molecule has 1 rings (SSSR count). The molecule has 0 aliphatic rings. The Hall–Kier alpha value is -0.680. The van der Waals surface area contributed by atoms with Crippen molar-refractivity contribution in [3.8, 4) is 0 Å². The van der Waals surface area contributed by atoms with Gasteiger partial charge in [-0.25, -0.2) is 4.79 Å². The summed E-state index contributed by atoms with van der Waals surface area (Å²) in [6.45, 7) is 3.06. The predicted molar refractivity (Wildman–Crippen MR) is 55.3 cm³/mol. The molecular formula is C8H9BrO3S. The lowest BCUT2D eigenvalue weighted by Gasteiger charge is -1.79. The SMILES string of the molecule is CC(C)=O.O=C(O)c1cc(Br)cs1. The van der Waals surface area contributed by atoms with Crippen LogP contribution in [0.25, 0.3) is 0 Å². The average molecular weight is 265 g/mol. The van der Waals surface area contributed by atoms with Crippen LogP contribution in [0.4, 0.5) is 0 Å². The first-order valence-electron chi connectivity index (χ1n) is 3.38. The van der Waals surface area contributed by atoms with Crippen LogP contribution in [0, 0.1) is 0 Å². The van der Waals surface area contributed by atoms with E-state index in [0.29, 0.717) is 4.88 Å². The van der Waals surface area contributed by atoms with E-state index >= 15 is 0 Å². The Bertz CT molecular complexity index is 302. The standard InChI is InChI=1S/C5H3BrO2S.C3H6O/c6-3-1-4(5(7)8)9-2-3;1-3(2)4/h1-2H,(H,7,8);1-2H3. The van der Waals surface area contributed by atoms with Crippen LogP contribution in [0.5, 0.6) is 0 Å². The summed E-state index contributed by atoms with van der Waals surface area (Å²) in [5.41, 5.74) is 0. The van der Waals surface area contributed by atoms with Gasteiger partial charge in [0.25, 0.3) is 0 Å². The normalized spacial score (nSPS) is 8.54. The summed E-state index contributed by atoms with van der Waals surface area (Å²) in [6.07, 6.45) is 0. The monoisotopic (exact) mass is 264 g/mol. The summed E-state index contributed by atoms with van der Waals surface area (Å²) < 4.78 is 0.824. The van der Waals surface area contributed by atoms with Crippen molar-refractivity contribution in [3.63, 3.8) is 0 Å². The number of rotatable bonds is 1. The summed E-state index contributed by atoms with van der Waals surface area (Å²) >= 11 is 4.36. The number of Topliss-reactive ketones (excluding diaryl/α,β-unsaturated/α-hetero) is 1. The highest BCUT2D eigenvalue weighted by molar-refractivity contribution is 9.10. The molecule has 0 radical (unpaired) electrons. The van der Waals surface area contributed by atoms with Crippen LogP contribution in [-0.2, 0) is 4.79 Å². The molecule has 1 aromatic heterocycles. The van der Waals surface area contributed by atoms with Crippen molar-refractivity contribution in [2.45, 2.75) is 13.8 Å². The predicted octanol–water partition coefficient (Wildman–Crippen LogP) is 2.80. The highest BCUT2D eigenvalue weighted by Crippen LogP contribution is 2.19. The highest BCUT2D eigenvalue weighted by Gasteiger charge is 2.03. The third-order valence-electron chi connectivity index (χ3n) is 0.778. The van der Waals surface area contributed by atoms with Gasteiger partial charge < -0.3 is 9.90 Å². The Morgan fingerprint density at radius 2 is 1.92 bits per heavy atom. The number of thiophene rings is 1. The second-order valence-electron chi connectivity index (χ2n) is 2.34. The van der Waals surface area contributed by atoms with Crippen molar-refractivity contribution >= 4 is 39.0 Å². The molecular weight excluding hydrogens is 256 g/mol. The van der Waals surface area contributed by atoms with Crippen molar-refractivity contribution in [2.24, 2.45) is 0 Å². The number of carbonyl (C=O) groups is 2. The fourth-order valence-corrected chi connectivity index (χ4v) is 1.69. The number of halogens is 1. The van der Waals surface area contributed by atoms with Gasteiger partial charge in [0.2, 0.25) is 0 Å². The first kappa shape index (κ1) is 12.3. The molecule has 0 bridgehead atoms. The third kappa shape index (κ3) is 6.48. The molecule has 0 spiro atoms. The Kier molecular flexibility index (Phi) is 5.57. The molecule has 5 heteroatoms. The van der Waals surface area contributed by atoms with E-state index in [1.165, 1.54) is 25.2 Å². The lowest BCUT2D eigenvalue weighted by atomic mass is 10.5. The lowest BCUT2D eigenvalue weighted by Crippen LogP contribution is -1.89. The van der Waals surface area contributed by atoms with Gasteiger partial charge >= 0.3 is 5.97 Å². The number of carboxylic acids is 1. The fraction of sp³-hybridized carbons (Fsp3) is 0.250. The Morgan fingerprint density at radius 3 is 2.08 bits per heavy atom. The molecule has 1 aromatic rings. The smallest absolute Gasteiger partial charge is 0.345 e. The maximum Gasteiger partial charge on any atom is 0.345 e. The molecule has 0 saturated carbocycles. The second-order valence-corrected chi connectivity index (χ2v) is 4.17. The van der Waals surface area contributed by atoms with Crippen LogP contribution >= 0.6 is 27.3 Å². The van der Waals surface area contributed by atoms with Gasteiger partial charge in [-0.2, -0.15) is 0 Å². The van der Waals surface area contributed by atoms with Crippen molar-refractivity contribution < 1.29 is 14.7 Å². The number of hydrogen-bond acceptors (Lipinski definition) is 3. The van der Waals surface area contributed by atoms with Gasteiger partial charge in [-0.05, 0) is 35.8 Å². The zero-order valence-electron chi connectivity index (χ0n) is 7.20. The number of carbonyl (C=O) groups excluding carboxylic acids is 1. The van der Waals surface area contributed by atoms with Crippen LogP contribution in [0.3, 0.4) is 0 Å². The van der Waals surface area contributed by atoms with Crippen LogP contribution in [0.1, 0.15) is 23.5 Å². The summed E-state index contributed by atoms with van der Waals surface area (Å²) in [7, 11) is 0. The lowest BCUT2D eigenvalue weighted by molar-refractivity contribution is -0.114. The van der Waals surface area contributed by atoms with Crippen molar-refractivity contribution in [1.29, 1.82) is 0 Å². The minimum Gasteiger partial charge on any atom is -0.477 e. The molecule has 72 valence electrons. The zero-order valence-corrected chi connectivity index (χ0v) is 9.61. The van der Waals surface area contributed by atoms with E-state index in [1.54, 1.807) is 11.4 Å². The van der Waals surface area contributed by atoms with Crippen molar-refractivity contribution in [3.05, 3.63) is 20.8 Å². The minimum absolute atomic E-state index is 0.167. The van der Waals surface area contributed by atoms with E-state index in [9.17, 15) is 9.59 Å². The first-order valence-corrected chi connectivity index (χ1v) is 5.05. The van der Waals surface area contributed by atoms with Crippen molar-refractivity contribution in [2.75, 3.05) is 0 Å². The van der Waals surface area contributed by atoms with Crippen LogP contribution in [0.15, 0.2) is 15.9 Å².